The number of nitrogens with two attached hydrogens (primary N) is 1. The van der Waals surface area contributed by atoms with E-state index in [1.54, 1.807) is 7.05 Å². The summed E-state index contributed by atoms with van der Waals surface area (Å²) >= 11 is 0. The van der Waals surface area contributed by atoms with Gasteiger partial charge < -0.3 is 10.8 Å². The molecule has 0 bridgehead atoms. The zero-order valence-corrected chi connectivity index (χ0v) is 8.08. The average molecular weight is 196 g/mol. The van der Waals surface area contributed by atoms with E-state index in [1.807, 2.05) is 6.92 Å². The van der Waals surface area contributed by atoms with E-state index in [9.17, 15) is 8.78 Å². The molecule has 13 heavy (non-hydrogen) atoms. The van der Waals surface area contributed by atoms with Gasteiger partial charge in [0, 0.05) is 12.1 Å². The van der Waals surface area contributed by atoms with Crippen LogP contribution in [0.3, 0.4) is 0 Å². The van der Waals surface area contributed by atoms with Crippen LogP contribution in [0.15, 0.2) is 0 Å². The maximum absolute atomic E-state index is 12.0. The second-order valence-electron chi connectivity index (χ2n) is 3.15. The summed E-state index contributed by atoms with van der Waals surface area (Å²) in [7, 11) is 1.54. The zero-order valence-electron chi connectivity index (χ0n) is 8.08. The fraction of sp³-hybridized carbons (Fsp3) is 1.00. The highest BCUT2D eigenvalue weighted by Crippen LogP contribution is 2.06. The van der Waals surface area contributed by atoms with Gasteiger partial charge in [-0.2, -0.15) is 0 Å². The molecule has 0 spiro atoms. The third-order valence-corrected chi connectivity index (χ3v) is 2.14. The monoisotopic (exact) mass is 196 g/mol. The van der Waals surface area contributed by atoms with Gasteiger partial charge in [0.15, 0.2) is 0 Å². The molecule has 0 heterocycles. The molecule has 0 aromatic rings. The molecular formula is C8H18F2N2O. The molecule has 5 heteroatoms. The quantitative estimate of drug-likeness (QED) is 0.641. The molecule has 3 N–H and O–H groups in total. The topological polar surface area (TPSA) is 49.5 Å². The van der Waals surface area contributed by atoms with Crippen LogP contribution in [0, 0.1) is 0 Å². The maximum Gasteiger partial charge on any atom is 0.251 e. The van der Waals surface area contributed by atoms with Crippen molar-refractivity contribution in [3.63, 3.8) is 0 Å². The second kappa shape index (κ2) is 6.23. The number of hydrogen-bond donors (Lipinski definition) is 2. The summed E-state index contributed by atoms with van der Waals surface area (Å²) < 4.78 is 24.0. The van der Waals surface area contributed by atoms with Gasteiger partial charge in [-0.1, -0.05) is 6.92 Å². The Morgan fingerprint density at radius 3 is 2.31 bits per heavy atom. The first-order valence-corrected chi connectivity index (χ1v) is 4.37. The summed E-state index contributed by atoms with van der Waals surface area (Å²) in [6, 6.07) is -0.632. The molecule has 0 aliphatic heterocycles. The molecule has 0 aliphatic carbocycles. The van der Waals surface area contributed by atoms with Crippen molar-refractivity contribution in [2.75, 3.05) is 20.2 Å². The lowest BCUT2D eigenvalue weighted by Crippen LogP contribution is -2.49. The Balaban J connectivity index is 4.06. The fourth-order valence-electron chi connectivity index (χ4n) is 1.23. The molecule has 2 atom stereocenters. The van der Waals surface area contributed by atoms with Crippen LogP contribution in [0.4, 0.5) is 8.78 Å². The smallest absolute Gasteiger partial charge is 0.251 e. The van der Waals surface area contributed by atoms with Gasteiger partial charge in [0.2, 0.25) is 0 Å². The van der Waals surface area contributed by atoms with E-state index in [-0.39, 0.29) is 25.2 Å². The molecule has 0 aliphatic rings. The lowest BCUT2D eigenvalue weighted by atomic mass is 10.1. The number of likely N-dealkylation sites (N-methyl/N-ethyl adjacent to an activating group) is 1. The summed E-state index contributed by atoms with van der Waals surface area (Å²) in [4.78, 5) is 1.40. The van der Waals surface area contributed by atoms with Crippen molar-refractivity contribution in [2.45, 2.75) is 31.9 Å². The van der Waals surface area contributed by atoms with Crippen molar-refractivity contribution < 1.29 is 13.9 Å². The summed E-state index contributed by atoms with van der Waals surface area (Å²) in [5, 5.41) is 8.94. The zero-order chi connectivity index (χ0) is 10.4. The molecule has 0 saturated carbocycles. The first-order chi connectivity index (χ1) is 6.02. The van der Waals surface area contributed by atoms with E-state index < -0.39 is 6.43 Å². The van der Waals surface area contributed by atoms with Crippen LogP contribution in [0.1, 0.15) is 13.3 Å². The van der Waals surface area contributed by atoms with Crippen LogP contribution in [-0.4, -0.2) is 48.7 Å². The standard InChI is InChI=1S/C8H18F2N2O/c1-3-6(11)7(5-13)12(2)4-8(9)10/h6-8,13H,3-5,11H2,1-2H3. The van der Waals surface area contributed by atoms with Crippen molar-refractivity contribution >= 4 is 0 Å². The highest BCUT2D eigenvalue weighted by molar-refractivity contribution is 4.79. The van der Waals surface area contributed by atoms with E-state index in [2.05, 4.69) is 0 Å². The Morgan fingerprint density at radius 2 is 2.00 bits per heavy atom. The van der Waals surface area contributed by atoms with E-state index in [1.165, 1.54) is 4.90 Å². The molecule has 3 nitrogen and oxygen atoms in total. The minimum Gasteiger partial charge on any atom is -0.395 e. The highest BCUT2D eigenvalue weighted by atomic mass is 19.3. The van der Waals surface area contributed by atoms with Gasteiger partial charge in [-0.3, -0.25) is 4.90 Å². The summed E-state index contributed by atoms with van der Waals surface area (Å²) in [6.45, 7) is 1.33. The van der Waals surface area contributed by atoms with Gasteiger partial charge in [-0.05, 0) is 13.5 Å². The van der Waals surface area contributed by atoms with E-state index >= 15 is 0 Å². The van der Waals surface area contributed by atoms with Crippen molar-refractivity contribution in [1.82, 2.24) is 4.90 Å². The number of hydrogen-bond acceptors (Lipinski definition) is 3. The first kappa shape index (κ1) is 12.7. The van der Waals surface area contributed by atoms with Crippen LogP contribution in [0.2, 0.25) is 0 Å². The molecule has 0 aromatic heterocycles. The third kappa shape index (κ3) is 4.50. The predicted molar refractivity (Wildman–Crippen MR) is 47.8 cm³/mol. The SMILES string of the molecule is CCC(N)C(CO)N(C)CC(F)F. The largest absolute Gasteiger partial charge is 0.395 e. The van der Waals surface area contributed by atoms with Crippen LogP contribution in [0.5, 0.6) is 0 Å². The van der Waals surface area contributed by atoms with Crippen molar-refractivity contribution in [3.05, 3.63) is 0 Å². The number of aliphatic hydroxyl groups excluding tert-OH is 1. The number of rotatable bonds is 6. The maximum atomic E-state index is 12.0. The van der Waals surface area contributed by atoms with Crippen LogP contribution in [-0.2, 0) is 0 Å². The fourth-order valence-corrected chi connectivity index (χ4v) is 1.23. The van der Waals surface area contributed by atoms with Gasteiger partial charge in [-0.15, -0.1) is 0 Å². The minimum atomic E-state index is -2.39. The lowest BCUT2D eigenvalue weighted by molar-refractivity contribution is 0.0530. The third-order valence-electron chi connectivity index (χ3n) is 2.14. The molecule has 0 aromatic carbocycles. The lowest BCUT2D eigenvalue weighted by Gasteiger charge is -2.30. The van der Waals surface area contributed by atoms with Gasteiger partial charge >= 0.3 is 0 Å². The summed E-state index contributed by atoms with van der Waals surface area (Å²) in [6.07, 6.45) is -1.72. The van der Waals surface area contributed by atoms with E-state index in [4.69, 9.17) is 10.8 Å². The Morgan fingerprint density at radius 1 is 1.46 bits per heavy atom. The second-order valence-corrected chi connectivity index (χ2v) is 3.15. The first-order valence-electron chi connectivity index (χ1n) is 4.37. The van der Waals surface area contributed by atoms with Gasteiger partial charge in [0.05, 0.1) is 13.2 Å². The number of halogens is 2. The average Bonchev–Trinajstić information content (AvgIpc) is 2.03. The number of aliphatic hydroxyl groups is 1. The molecular weight excluding hydrogens is 178 g/mol. The minimum absolute atomic E-state index is 0.182. The highest BCUT2D eigenvalue weighted by Gasteiger charge is 2.22. The molecule has 80 valence electrons. The van der Waals surface area contributed by atoms with Crippen molar-refractivity contribution in [2.24, 2.45) is 5.73 Å². The predicted octanol–water partition coefficient (Wildman–Crippen LogP) is 0.282. The van der Waals surface area contributed by atoms with Crippen molar-refractivity contribution in [3.8, 4) is 0 Å². The molecule has 0 saturated heterocycles. The van der Waals surface area contributed by atoms with Gasteiger partial charge in [0.25, 0.3) is 6.43 Å². The van der Waals surface area contributed by atoms with E-state index in [0.717, 1.165) is 0 Å². The van der Waals surface area contributed by atoms with Crippen molar-refractivity contribution in [1.29, 1.82) is 0 Å². The number of alkyl halides is 2. The Labute approximate surface area is 77.5 Å². The molecule has 0 amide bonds. The van der Waals surface area contributed by atoms with Gasteiger partial charge in [-0.25, -0.2) is 8.78 Å². The van der Waals surface area contributed by atoms with E-state index in [0.29, 0.717) is 6.42 Å². The molecule has 0 radical (unpaired) electrons. The molecule has 0 rings (SSSR count). The Bertz CT molecular complexity index is 135. The molecule has 0 fully saturated rings. The van der Waals surface area contributed by atoms with Gasteiger partial charge in [0.1, 0.15) is 0 Å². The molecule has 2 unspecified atom stereocenters. The number of nitrogens with zero attached hydrogens (tertiary/aromatic N) is 1. The Hall–Kier alpha value is -0.260. The summed E-state index contributed by atoms with van der Waals surface area (Å²) in [5.41, 5.74) is 5.66. The van der Waals surface area contributed by atoms with Crippen LogP contribution >= 0.6 is 0 Å². The normalized spacial score (nSPS) is 16.6. The van der Waals surface area contributed by atoms with Crippen LogP contribution in [0.25, 0.3) is 0 Å². The summed E-state index contributed by atoms with van der Waals surface area (Å²) in [5.74, 6) is 0. The van der Waals surface area contributed by atoms with Crippen LogP contribution < -0.4 is 5.73 Å². The Kier molecular flexibility index (Phi) is 6.11.